The Labute approximate surface area is 198 Å². The molecule has 0 spiro atoms. The highest BCUT2D eigenvalue weighted by molar-refractivity contribution is 5.79. The maximum absolute atomic E-state index is 13.1. The fourth-order valence-corrected chi connectivity index (χ4v) is 4.18. The largest absolute Gasteiger partial charge is 0.493 e. The van der Waals surface area contributed by atoms with Crippen LogP contribution in [0.1, 0.15) is 18.4 Å². The summed E-state index contributed by atoms with van der Waals surface area (Å²) >= 11 is 0. The van der Waals surface area contributed by atoms with Crippen molar-refractivity contribution in [2.75, 3.05) is 38.8 Å². The summed E-state index contributed by atoms with van der Waals surface area (Å²) in [4.78, 5) is 14.9. The van der Waals surface area contributed by atoms with E-state index in [1.54, 1.807) is 26.4 Å². The van der Waals surface area contributed by atoms with Crippen LogP contribution in [0.5, 0.6) is 11.5 Å². The van der Waals surface area contributed by atoms with Crippen LogP contribution in [0, 0.1) is 11.7 Å². The number of benzene rings is 2. The Kier molecular flexibility index (Phi) is 7.57. The fourth-order valence-electron chi connectivity index (χ4n) is 4.18. The van der Waals surface area contributed by atoms with E-state index in [2.05, 4.69) is 20.4 Å². The number of ether oxygens (including phenoxy) is 2. The van der Waals surface area contributed by atoms with Gasteiger partial charge >= 0.3 is 0 Å². The predicted octanol–water partition coefficient (Wildman–Crippen LogP) is 3.88. The van der Waals surface area contributed by atoms with Crippen molar-refractivity contribution >= 4 is 11.7 Å². The van der Waals surface area contributed by atoms with Gasteiger partial charge < -0.3 is 19.7 Å². The number of nitrogens with zero attached hydrogens (tertiary/aromatic N) is 3. The topological polar surface area (TPSA) is 76.6 Å². The van der Waals surface area contributed by atoms with Crippen LogP contribution >= 0.6 is 0 Å². The monoisotopic (exact) mass is 464 g/mol. The second kappa shape index (κ2) is 11.0. The zero-order valence-corrected chi connectivity index (χ0v) is 19.5. The number of hydrogen-bond acceptors (Lipinski definition) is 6. The second-order valence-corrected chi connectivity index (χ2v) is 8.30. The molecule has 1 aliphatic heterocycles. The van der Waals surface area contributed by atoms with Gasteiger partial charge in [0.2, 0.25) is 5.91 Å². The summed E-state index contributed by atoms with van der Waals surface area (Å²) in [5.74, 6) is 1.79. The lowest BCUT2D eigenvalue weighted by Crippen LogP contribution is -2.43. The van der Waals surface area contributed by atoms with Crippen molar-refractivity contribution in [3.05, 3.63) is 66.0 Å². The molecule has 178 valence electrons. The number of methoxy groups -OCH3 is 2. The molecule has 8 heteroatoms. The van der Waals surface area contributed by atoms with Crippen molar-refractivity contribution in [1.29, 1.82) is 0 Å². The van der Waals surface area contributed by atoms with E-state index in [4.69, 9.17) is 9.47 Å². The molecular weight excluding hydrogens is 435 g/mol. The molecule has 1 aromatic heterocycles. The molecule has 2 heterocycles. The molecule has 1 amide bonds. The Morgan fingerprint density at radius 1 is 1.06 bits per heavy atom. The van der Waals surface area contributed by atoms with E-state index in [1.807, 2.05) is 30.3 Å². The summed E-state index contributed by atoms with van der Waals surface area (Å²) in [5.41, 5.74) is 2.57. The van der Waals surface area contributed by atoms with Gasteiger partial charge in [-0.3, -0.25) is 4.79 Å². The quantitative estimate of drug-likeness (QED) is 0.545. The summed E-state index contributed by atoms with van der Waals surface area (Å²) in [6.07, 6.45) is 2.47. The molecule has 2 aromatic carbocycles. The van der Waals surface area contributed by atoms with Crippen LogP contribution in [0.15, 0.2) is 54.6 Å². The lowest BCUT2D eigenvalue weighted by Gasteiger charge is -2.32. The van der Waals surface area contributed by atoms with Crippen molar-refractivity contribution in [2.45, 2.75) is 19.3 Å². The van der Waals surface area contributed by atoms with Gasteiger partial charge in [-0.05, 0) is 73.4 Å². The lowest BCUT2D eigenvalue weighted by molar-refractivity contribution is -0.125. The molecule has 7 nitrogen and oxygen atoms in total. The number of amides is 1. The van der Waals surface area contributed by atoms with Crippen LogP contribution in [0.25, 0.3) is 11.3 Å². The third-order valence-electron chi connectivity index (χ3n) is 6.07. The number of nitrogens with one attached hydrogen (secondary N) is 1. The van der Waals surface area contributed by atoms with Crippen LogP contribution in [-0.2, 0) is 11.2 Å². The van der Waals surface area contributed by atoms with Crippen molar-refractivity contribution < 1.29 is 18.7 Å². The van der Waals surface area contributed by atoms with Crippen molar-refractivity contribution in [1.82, 2.24) is 15.5 Å². The Morgan fingerprint density at radius 3 is 2.56 bits per heavy atom. The van der Waals surface area contributed by atoms with E-state index < -0.39 is 0 Å². The SMILES string of the molecule is COc1ccc(CCNC(=O)C2CCCN(c3ccc(-c4ccc(F)cc4)nn3)C2)cc1OC. The van der Waals surface area contributed by atoms with Crippen molar-refractivity contribution in [3.63, 3.8) is 0 Å². The van der Waals surface area contributed by atoms with Crippen molar-refractivity contribution in [3.8, 4) is 22.8 Å². The zero-order valence-electron chi connectivity index (χ0n) is 19.5. The number of rotatable bonds is 8. The molecule has 3 aromatic rings. The van der Waals surface area contributed by atoms with Gasteiger partial charge in [-0.2, -0.15) is 0 Å². The number of piperidine rings is 1. The minimum Gasteiger partial charge on any atom is -0.493 e. The Hall–Kier alpha value is -3.68. The highest BCUT2D eigenvalue weighted by Gasteiger charge is 2.26. The molecule has 4 rings (SSSR count). The van der Waals surface area contributed by atoms with E-state index >= 15 is 0 Å². The summed E-state index contributed by atoms with van der Waals surface area (Å²) in [5, 5.41) is 11.7. The van der Waals surface area contributed by atoms with E-state index in [-0.39, 0.29) is 17.6 Å². The average Bonchev–Trinajstić information content (AvgIpc) is 2.89. The van der Waals surface area contributed by atoms with Gasteiger partial charge in [-0.1, -0.05) is 6.07 Å². The van der Waals surface area contributed by atoms with Gasteiger partial charge in [0, 0.05) is 25.2 Å². The smallest absolute Gasteiger partial charge is 0.224 e. The third kappa shape index (κ3) is 5.62. The van der Waals surface area contributed by atoms with Crippen LogP contribution in [0.3, 0.4) is 0 Å². The Morgan fingerprint density at radius 2 is 1.85 bits per heavy atom. The maximum Gasteiger partial charge on any atom is 0.224 e. The number of carbonyl (C=O) groups excluding carboxylic acids is 1. The summed E-state index contributed by atoms with van der Waals surface area (Å²) in [6.45, 7) is 1.99. The van der Waals surface area contributed by atoms with Crippen LogP contribution < -0.4 is 19.7 Å². The van der Waals surface area contributed by atoms with Crippen LogP contribution in [-0.4, -0.2) is 50.0 Å². The second-order valence-electron chi connectivity index (χ2n) is 8.30. The molecule has 0 bridgehead atoms. The molecule has 1 saturated heterocycles. The summed E-state index contributed by atoms with van der Waals surface area (Å²) in [6, 6.07) is 15.7. The van der Waals surface area contributed by atoms with Gasteiger partial charge in [0.05, 0.1) is 25.8 Å². The molecule has 1 fully saturated rings. The lowest BCUT2D eigenvalue weighted by atomic mass is 9.97. The standard InChI is InChI=1S/C26H29FN4O3/c1-33-23-11-5-18(16-24(23)34-2)13-14-28-26(32)20-4-3-15-31(17-20)25-12-10-22(29-30-25)19-6-8-21(27)9-7-19/h5-12,16,20H,3-4,13-15,17H2,1-2H3,(H,28,32). The number of hydrogen-bond donors (Lipinski definition) is 1. The Balaban J connectivity index is 1.31. The molecule has 0 saturated carbocycles. The average molecular weight is 465 g/mol. The predicted molar refractivity (Wildman–Crippen MR) is 129 cm³/mol. The first kappa shape index (κ1) is 23.5. The molecule has 1 atom stereocenters. The molecule has 1 aliphatic rings. The van der Waals surface area contributed by atoms with Crippen molar-refractivity contribution in [2.24, 2.45) is 5.92 Å². The normalized spacial score (nSPS) is 15.6. The summed E-state index contributed by atoms with van der Waals surface area (Å²) in [7, 11) is 3.22. The maximum atomic E-state index is 13.1. The van der Waals surface area contributed by atoms with E-state index in [1.165, 1.54) is 12.1 Å². The van der Waals surface area contributed by atoms with Gasteiger partial charge in [0.1, 0.15) is 5.82 Å². The molecule has 34 heavy (non-hydrogen) atoms. The van der Waals surface area contributed by atoms with Gasteiger partial charge in [-0.25, -0.2) is 4.39 Å². The minimum atomic E-state index is -0.283. The molecule has 0 radical (unpaired) electrons. The molecule has 1 unspecified atom stereocenters. The zero-order chi connectivity index (χ0) is 23.9. The molecule has 0 aliphatic carbocycles. The first-order chi connectivity index (χ1) is 16.6. The first-order valence-corrected chi connectivity index (χ1v) is 11.4. The Bertz CT molecular complexity index is 1110. The highest BCUT2D eigenvalue weighted by atomic mass is 19.1. The summed E-state index contributed by atoms with van der Waals surface area (Å²) < 4.78 is 23.8. The number of anilines is 1. The highest BCUT2D eigenvalue weighted by Crippen LogP contribution is 2.28. The first-order valence-electron chi connectivity index (χ1n) is 11.4. The number of aromatic nitrogens is 2. The van der Waals surface area contributed by atoms with E-state index in [0.717, 1.165) is 36.3 Å². The van der Waals surface area contributed by atoms with Crippen LogP contribution in [0.4, 0.5) is 10.2 Å². The van der Waals surface area contributed by atoms with Gasteiger partial charge in [-0.15, -0.1) is 10.2 Å². The van der Waals surface area contributed by atoms with Gasteiger partial charge in [0.15, 0.2) is 17.3 Å². The van der Waals surface area contributed by atoms with E-state index in [0.29, 0.717) is 36.7 Å². The number of halogens is 1. The van der Waals surface area contributed by atoms with Gasteiger partial charge in [0.25, 0.3) is 0 Å². The molecule has 1 N–H and O–H groups in total. The fraction of sp³-hybridized carbons (Fsp3) is 0.346. The molecular formula is C26H29FN4O3. The van der Waals surface area contributed by atoms with Crippen LogP contribution in [0.2, 0.25) is 0 Å². The third-order valence-corrected chi connectivity index (χ3v) is 6.07. The van der Waals surface area contributed by atoms with E-state index in [9.17, 15) is 9.18 Å². The number of carbonyl (C=O) groups is 1. The minimum absolute atomic E-state index is 0.0565.